The Hall–Kier alpha value is -5.70. The van der Waals surface area contributed by atoms with Crippen molar-refractivity contribution in [1.29, 1.82) is 0 Å². The summed E-state index contributed by atoms with van der Waals surface area (Å²) in [6, 6.07) is 27.4. The maximum absolute atomic E-state index is 12.6. The number of amides is 2. The lowest BCUT2D eigenvalue weighted by atomic mass is 10.2. The van der Waals surface area contributed by atoms with Crippen molar-refractivity contribution >= 4 is 35.8 Å². The summed E-state index contributed by atoms with van der Waals surface area (Å²) < 4.78 is 16.3. The van der Waals surface area contributed by atoms with Crippen molar-refractivity contribution in [2.75, 3.05) is 19.0 Å². The predicted octanol–water partition coefficient (Wildman–Crippen LogP) is 5.73. The maximum Gasteiger partial charge on any atom is 0.343 e. The summed E-state index contributed by atoms with van der Waals surface area (Å²) in [5.41, 5.74) is 5.28. The van der Waals surface area contributed by atoms with Crippen LogP contribution in [0.4, 0.5) is 5.69 Å². The molecule has 0 radical (unpaired) electrons. The van der Waals surface area contributed by atoms with E-state index in [1.807, 2.05) is 37.3 Å². The summed E-state index contributed by atoms with van der Waals surface area (Å²) in [4.78, 5) is 37.3. The van der Waals surface area contributed by atoms with E-state index in [0.717, 1.165) is 5.56 Å². The third kappa shape index (κ3) is 8.40. The van der Waals surface area contributed by atoms with Crippen molar-refractivity contribution in [2.45, 2.75) is 6.92 Å². The zero-order chi connectivity index (χ0) is 29.7. The van der Waals surface area contributed by atoms with Crippen LogP contribution in [0.3, 0.4) is 0 Å². The Morgan fingerprint density at radius 2 is 1.52 bits per heavy atom. The average molecular weight is 564 g/mol. The number of esters is 1. The smallest absolute Gasteiger partial charge is 0.343 e. The van der Waals surface area contributed by atoms with E-state index in [1.165, 1.54) is 12.3 Å². The van der Waals surface area contributed by atoms with E-state index in [9.17, 15) is 14.4 Å². The molecule has 0 fully saturated rings. The van der Waals surface area contributed by atoms with Crippen LogP contribution in [0, 0.1) is 0 Å². The number of hydrazone groups is 1. The van der Waals surface area contributed by atoms with Gasteiger partial charge in [-0.05, 0) is 90.9 Å². The van der Waals surface area contributed by atoms with Gasteiger partial charge in [-0.3, -0.25) is 9.59 Å². The van der Waals surface area contributed by atoms with E-state index < -0.39 is 11.9 Å². The molecule has 4 aromatic rings. The van der Waals surface area contributed by atoms with Crippen LogP contribution >= 0.6 is 0 Å². The van der Waals surface area contributed by atoms with Gasteiger partial charge in [0, 0.05) is 17.3 Å². The first-order valence-corrected chi connectivity index (χ1v) is 13.1. The van der Waals surface area contributed by atoms with Gasteiger partial charge in [-0.1, -0.05) is 30.3 Å². The summed E-state index contributed by atoms with van der Waals surface area (Å²) in [6.07, 6.45) is 4.61. The number of carbonyl (C=O) groups excluding carboxylic acids is 3. The van der Waals surface area contributed by atoms with Gasteiger partial charge in [0.1, 0.15) is 5.75 Å². The van der Waals surface area contributed by atoms with E-state index in [2.05, 4.69) is 15.8 Å². The van der Waals surface area contributed by atoms with Gasteiger partial charge in [-0.15, -0.1) is 0 Å². The number of rotatable bonds is 11. The SMILES string of the molecule is CCOc1cc(/C=N\NC(=O)c2ccc(NC(=O)/C=C/c3ccccc3)cc2)ccc1OC(=O)c1ccc(OC)cc1. The van der Waals surface area contributed by atoms with Gasteiger partial charge in [-0.2, -0.15) is 5.10 Å². The molecule has 9 heteroatoms. The number of anilines is 1. The van der Waals surface area contributed by atoms with Crippen molar-refractivity contribution in [2.24, 2.45) is 5.10 Å². The molecule has 0 saturated carbocycles. The Morgan fingerprint density at radius 1 is 0.810 bits per heavy atom. The van der Waals surface area contributed by atoms with Crippen molar-refractivity contribution in [3.63, 3.8) is 0 Å². The first-order chi connectivity index (χ1) is 20.4. The topological polar surface area (TPSA) is 115 Å². The normalized spacial score (nSPS) is 10.8. The second kappa shape index (κ2) is 14.6. The molecule has 9 nitrogen and oxygen atoms in total. The lowest BCUT2D eigenvalue weighted by molar-refractivity contribution is -0.111. The van der Waals surface area contributed by atoms with Gasteiger partial charge < -0.3 is 19.5 Å². The number of methoxy groups -OCH3 is 1. The Kier molecular flexibility index (Phi) is 10.2. The standard InChI is InChI=1S/C33H29N3O6/c1-3-41-30-21-24(9-19-29(30)42-33(39)26-13-17-28(40-2)18-14-26)22-34-36-32(38)25-11-15-27(16-12-25)35-31(37)20-10-23-7-5-4-6-8-23/h4-22H,3H2,1-2H3,(H,35,37)(H,36,38)/b20-10+,34-22-. The predicted molar refractivity (Wildman–Crippen MR) is 161 cm³/mol. The molecule has 0 aromatic heterocycles. The molecular weight excluding hydrogens is 534 g/mol. The third-order valence-electron chi connectivity index (χ3n) is 5.82. The van der Waals surface area contributed by atoms with E-state index in [1.54, 1.807) is 79.9 Å². The minimum Gasteiger partial charge on any atom is -0.497 e. The fourth-order valence-corrected chi connectivity index (χ4v) is 3.70. The molecule has 0 aliphatic heterocycles. The van der Waals surface area contributed by atoms with E-state index in [4.69, 9.17) is 14.2 Å². The zero-order valence-electron chi connectivity index (χ0n) is 23.1. The van der Waals surface area contributed by atoms with E-state index >= 15 is 0 Å². The van der Waals surface area contributed by atoms with Crippen LogP contribution in [0.2, 0.25) is 0 Å². The molecule has 0 aliphatic carbocycles. The summed E-state index contributed by atoms with van der Waals surface area (Å²) in [5.74, 6) is -0.0172. The van der Waals surface area contributed by atoms with Gasteiger partial charge >= 0.3 is 5.97 Å². The van der Waals surface area contributed by atoms with Crippen LogP contribution in [0.15, 0.2) is 108 Å². The van der Waals surface area contributed by atoms with Crippen molar-refractivity contribution < 1.29 is 28.6 Å². The number of ether oxygens (including phenoxy) is 3. The molecule has 2 N–H and O–H groups in total. The molecule has 0 atom stereocenters. The van der Waals surface area contributed by atoms with E-state index in [0.29, 0.717) is 40.5 Å². The Labute approximate surface area is 243 Å². The summed E-state index contributed by atoms with van der Waals surface area (Å²) in [6.45, 7) is 2.17. The lowest BCUT2D eigenvalue weighted by Crippen LogP contribution is -2.17. The number of carbonyl (C=O) groups is 3. The Morgan fingerprint density at radius 3 is 2.21 bits per heavy atom. The minimum atomic E-state index is -0.540. The molecule has 42 heavy (non-hydrogen) atoms. The minimum absolute atomic E-state index is 0.251. The van der Waals surface area contributed by atoms with Crippen LogP contribution in [-0.4, -0.2) is 37.7 Å². The number of hydrogen-bond donors (Lipinski definition) is 2. The second-order valence-corrected chi connectivity index (χ2v) is 8.77. The summed E-state index contributed by atoms with van der Waals surface area (Å²) >= 11 is 0. The molecule has 2 amide bonds. The van der Waals surface area contributed by atoms with Crippen molar-refractivity contribution in [3.05, 3.63) is 125 Å². The third-order valence-corrected chi connectivity index (χ3v) is 5.82. The molecule has 212 valence electrons. The molecule has 4 rings (SSSR count). The highest BCUT2D eigenvalue weighted by molar-refractivity contribution is 6.02. The van der Waals surface area contributed by atoms with Gasteiger partial charge in [0.25, 0.3) is 5.91 Å². The molecule has 0 spiro atoms. The Balaban J connectivity index is 1.32. The van der Waals surface area contributed by atoms with Crippen LogP contribution < -0.4 is 25.0 Å². The van der Waals surface area contributed by atoms with Gasteiger partial charge in [0.05, 0.1) is 25.5 Å². The number of nitrogens with one attached hydrogen (secondary N) is 2. The lowest BCUT2D eigenvalue weighted by Gasteiger charge is -2.11. The van der Waals surface area contributed by atoms with Crippen molar-refractivity contribution in [3.8, 4) is 17.2 Å². The Bertz CT molecular complexity index is 1580. The van der Waals surface area contributed by atoms with E-state index in [-0.39, 0.29) is 11.7 Å². The zero-order valence-corrected chi connectivity index (χ0v) is 23.1. The second-order valence-electron chi connectivity index (χ2n) is 8.77. The van der Waals surface area contributed by atoms with Crippen LogP contribution in [-0.2, 0) is 4.79 Å². The molecule has 4 aromatic carbocycles. The van der Waals surface area contributed by atoms with Crippen LogP contribution in [0.1, 0.15) is 38.8 Å². The molecule has 0 heterocycles. The fraction of sp³-hybridized carbons (Fsp3) is 0.0909. The molecule has 0 aliphatic rings. The quantitative estimate of drug-likeness (QED) is 0.0792. The highest BCUT2D eigenvalue weighted by Gasteiger charge is 2.14. The first kappa shape index (κ1) is 29.3. The number of nitrogens with zero attached hydrogens (tertiary/aromatic N) is 1. The van der Waals surface area contributed by atoms with Crippen LogP contribution in [0.5, 0.6) is 17.2 Å². The van der Waals surface area contributed by atoms with Crippen molar-refractivity contribution in [1.82, 2.24) is 5.43 Å². The molecule has 0 unspecified atom stereocenters. The maximum atomic E-state index is 12.6. The first-order valence-electron chi connectivity index (χ1n) is 13.1. The highest BCUT2D eigenvalue weighted by Crippen LogP contribution is 2.29. The molecule has 0 saturated heterocycles. The fourth-order valence-electron chi connectivity index (χ4n) is 3.70. The number of benzene rings is 4. The summed E-state index contributed by atoms with van der Waals surface area (Å²) in [5, 5.41) is 6.77. The van der Waals surface area contributed by atoms with Crippen LogP contribution in [0.25, 0.3) is 6.08 Å². The highest BCUT2D eigenvalue weighted by atomic mass is 16.6. The average Bonchev–Trinajstić information content (AvgIpc) is 3.02. The molecular formula is C33H29N3O6. The summed E-state index contributed by atoms with van der Waals surface area (Å²) in [7, 11) is 1.55. The molecule has 0 bridgehead atoms. The van der Waals surface area contributed by atoms with Gasteiger partial charge in [0.2, 0.25) is 5.91 Å². The van der Waals surface area contributed by atoms with Gasteiger partial charge in [0.15, 0.2) is 11.5 Å². The largest absolute Gasteiger partial charge is 0.497 e. The van der Waals surface area contributed by atoms with Gasteiger partial charge in [-0.25, -0.2) is 10.2 Å². The number of hydrogen-bond acceptors (Lipinski definition) is 7. The monoisotopic (exact) mass is 563 g/mol.